The van der Waals surface area contributed by atoms with Gasteiger partial charge in [0, 0.05) is 18.3 Å². The van der Waals surface area contributed by atoms with E-state index in [0.29, 0.717) is 29.8 Å². The van der Waals surface area contributed by atoms with Crippen LogP contribution in [-0.2, 0) is 0 Å². The average molecular weight is 434 g/mol. The minimum absolute atomic E-state index is 0.0112. The highest BCUT2D eigenvalue weighted by atomic mass is 19.1. The van der Waals surface area contributed by atoms with Gasteiger partial charge >= 0.3 is 0 Å². The second-order valence-corrected chi connectivity index (χ2v) is 8.13. The smallest absolute Gasteiger partial charge is 0.259 e. The maximum atomic E-state index is 13.4. The van der Waals surface area contributed by atoms with E-state index < -0.39 is 0 Å². The van der Waals surface area contributed by atoms with Crippen LogP contribution in [0.3, 0.4) is 0 Å². The van der Waals surface area contributed by atoms with E-state index in [1.54, 1.807) is 17.2 Å². The highest BCUT2D eigenvalue weighted by Crippen LogP contribution is 2.23. The van der Waals surface area contributed by atoms with Crippen LogP contribution >= 0.6 is 0 Å². The summed E-state index contributed by atoms with van der Waals surface area (Å²) in [7, 11) is 0. The van der Waals surface area contributed by atoms with Gasteiger partial charge in [-0.3, -0.25) is 9.69 Å². The number of carbonyl (C=O) groups is 1. The maximum absolute atomic E-state index is 13.4. The molecule has 32 heavy (non-hydrogen) atoms. The number of nitrogens with zero attached hydrogens (tertiary/aromatic N) is 3. The van der Waals surface area contributed by atoms with E-state index in [9.17, 15) is 9.18 Å². The van der Waals surface area contributed by atoms with Crippen LogP contribution in [0.1, 0.15) is 41.7 Å². The van der Waals surface area contributed by atoms with E-state index in [2.05, 4.69) is 20.6 Å². The number of hydrogen-bond acceptors (Lipinski definition) is 5. The van der Waals surface area contributed by atoms with Crippen LogP contribution in [0.15, 0.2) is 66.9 Å². The lowest BCUT2D eigenvalue weighted by molar-refractivity contribution is 0.0980. The quantitative estimate of drug-likeness (QED) is 0.577. The number of carbonyl (C=O) groups excluding carboxylic acids is 1. The summed E-state index contributed by atoms with van der Waals surface area (Å²) in [5.41, 5.74) is 1.56. The largest absolute Gasteiger partial charge is 0.348 e. The zero-order valence-electron chi connectivity index (χ0n) is 18.2. The zero-order valence-corrected chi connectivity index (χ0v) is 18.2. The van der Waals surface area contributed by atoms with Gasteiger partial charge in [0.05, 0.1) is 6.04 Å². The van der Waals surface area contributed by atoms with Crippen LogP contribution in [-0.4, -0.2) is 35.5 Å². The Morgan fingerprint density at radius 1 is 1.12 bits per heavy atom. The molecular formula is C25H28FN5O. The molecule has 166 valence electrons. The van der Waals surface area contributed by atoms with Gasteiger partial charge in [0.25, 0.3) is 5.91 Å². The van der Waals surface area contributed by atoms with Crippen molar-refractivity contribution in [1.82, 2.24) is 15.3 Å². The van der Waals surface area contributed by atoms with E-state index in [4.69, 9.17) is 0 Å². The van der Waals surface area contributed by atoms with Crippen molar-refractivity contribution >= 4 is 17.7 Å². The van der Waals surface area contributed by atoms with Crippen LogP contribution in [0, 0.1) is 11.7 Å². The Bertz CT molecular complexity index is 1020. The third-order valence-electron chi connectivity index (χ3n) is 5.80. The normalized spacial score (nSPS) is 15.2. The molecule has 1 atom stereocenters. The van der Waals surface area contributed by atoms with Gasteiger partial charge < -0.3 is 10.6 Å². The summed E-state index contributed by atoms with van der Waals surface area (Å²) < 4.78 is 13.4. The number of aromatic nitrogens is 2. The summed E-state index contributed by atoms with van der Waals surface area (Å²) in [5, 5.41) is 6.68. The molecule has 2 heterocycles. The summed E-state index contributed by atoms with van der Waals surface area (Å²) in [6.07, 6.45) is 3.65. The molecule has 1 aliphatic rings. The van der Waals surface area contributed by atoms with Crippen LogP contribution in [0.25, 0.3) is 0 Å². The van der Waals surface area contributed by atoms with Crippen LogP contribution < -0.4 is 15.5 Å². The maximum Gasteiger partial charge on any atom is 0.259 e. The Kier molecular flexibility index (Phi) is 7.07. The minimum atomic E-state index is -0.366. The lowest BCUT2D eigenvalue weighted by Gasteiger charge is -2.30. The molecule has 1 fully saturated rings. The molecule has 2 aromatic carbocycles. The summed E-state index contributed by atoms with van der Waals surface area (Å²) in [6, 6.07) is 17.5. The van der Waals surface area contributed by atoms with Crippen molar-refractivity contribution in [2.24, 2.45) is 5.92 Å². The van der Waals surface area contributed by atoms with Crippen LogP contribution in [0.2, 0.25) is 0 Å². The van der Waals surface area contributed by atoms with Crippen LogP contribution in [0.5, 0.6) is 0 Å². The van der Waals surface area contributed by atoms with Crippen LogP contribution in [0.4, 0.5) is 16.2 Å². The van der Waals surface area contributed by atoms with Gasteiger partial charge in [0.1, 0.15) is 11.6 Å². The third-order valence-corrected chi connectivity index (χ3v) is 5.80. The molecule has 0 spiro atoms. The van der Waals surface area contributed by atoms with E-state index >= 15 is 0 Å². The van der Waals surface area contributed by atoms with Gasteiger partial charge in [-0.25, -0.2) is 9.37 Å². The molecule has 1 saturated heterocycles. The monoisotopic (exact) mass is 433 g/mol. The fourth-order valence-electron chi connectivity index (χ4n) is 3.94. The van der Waals surface area contributed by atoms with Crippen molar-refractivity contribution in [3.8, 4) is 0 Å². The van der Waals surface area contributed by atoms with E-state index in [1.165, 1.54) is 24.3 Å². The molecule has 1 aromatic heterocycles. The van der Waals surface area contributed by atoms with Crippen molar-refractivity contribution in [2.75, 3.05) is 29.9 Å². The molecule has 6 nitrogen and oxygen atoms in total. The predicted molar refractivity (Wildman–Crippen MR) is 124 cm³/mol. The van der Waals surface area contributed by atoms with Crippen molar-refractivity contribution in [3.63, 3.8) is 0 Å². The van der Waals surface area contributed by atoms with Gasteiger partial charge in [-0.1, -0.05) is 30.3 Å². The lowest BCUT2D eigenvalue weighted by Crippen LogP contribution is -2.40. The first-order chi connectivity index (χ1) is 15.6. The molecule has 0 radical (unpaired) electrons. The predicted octanol–water partition coefficient (Wildman–Crippen LogP) is 4.44. The molecule has 4 rings (SSSR count). The first-order valence-corrected chi connectivity index (χ1v) is 11.0. The Morgan fingerprint density at radius 2 is 1.84 bits per heavy atom. The fourth-order valence-corrected chi connectivity index (χ4v) is 3.94. The number of benzene rings is 2. The Balaban J connectivity index is 1.59. The minimum Gasteiger partial charge on any atom is -0.348 e. The SMILES string of the molecule is C[C@H](Nc1nccc(N(CC2CCNCC2)C(=O)c2ccc(F)cc2)n1)c1ccccc1. The van der Waals surface area contributed by atoms with Gasteiger partial charge in [0.2, 0.25) is 5.95 Å². The summed E-state index contributed by atoms with van der Waals surface area (Å²) in [6.45, 7) is 4.48. The van der Waals surface area contributed by atoms with Gasteiger partial charge in [0.15, 0.2) is 0 Å². The van der Waals surface area contributed by atoms with Gasteiger partial charge in [-0.2, -0.15) is 4.98 Å². The number of hydrogen-bond donors (Lipinski definition) is 2. The standard InChI is InChI=1S/C25H28FN5O/c1-18(20-5-3-2-4-6-20)29-25-28-16-13-23(30-25)31(17-19-11-14-27-15-12-19)24(32)21-7-9-22(26)10-8-21/h2-10,13,16,18-19,27H,11-12,14-15,17H2,1H3,(H,28,29,30)/t18-/m0/s1. The number of anilines is 2. The molecule has 1 aliphatic heterocycles. The first-order valence-electron chi connectivity index (χ1n) is 11.0. The number of nitrogens with one attached hydrogen (secondary N) is 2. The van der Waals surface area contributed by atoms with Crippen molar-refractivity contribution < 1.29 is 9.18 Å². The summed E-state index contributed by atoms with van der Waals surface area (Å²) >= 11 is 0. The van der Waals surface area contributed by atoms with Crippen molar-refractivity contribution in [3.05, 3.63) is 83.8 Å². The molecule has 7 heteroatoms. The second-order valence-electron chi connectivity index (χ2n) is 8.13. The molecule has 2 N–H and O–H groups in total. The zero-order chi connectivity index (χ0) is 22.3. The molecule has 0 unspecified atom stereocenters. The Labute approximate surface area is 187 Å². The number of amides is 1. The van der Waals surface area contributed by atoms with E-state index in [-0.39, 0.29) is 17.8 Å². The second kappa shape index (κ2) is 10.3. The highest BCUT2D eigenvalue weighted by molar-refractivity contribution is 6.05. The lowest BCUT2D eigenvalue weighted by atomic mass is 9.97. The third kappa shape index (κ3) is 5.48. The van der Waals surface area contributed by atoms with Crippen molar-refractivity contribution in [1.29, 1.82) is 0 Å². The molecule has 1 amide bonds. The topological polar surface area (TPSA) is 70.2 Å². The first kappa shape index (κ1) is 21.9. The average Bonchev–Trinajstić information content (AvgIpc) is 2.84. The highest BCUT2D eigenvalue weighted by Gasteiger charge is 2.25. The molecular weight excluding hydrogens is 405 g/mol. The Morgan fingerprint density at radius 3 is 2.56 bits per heavy atom. The fraction of sp³-hybridized carbons (Fsp3) is 0.320. The van der Waals surface area contributed by atoms with Crippen molar-refractivity contribution in [2.45, 2.75) is 25.8 Å². The number of halogens is 1. The number of rotatable bonds is 7. The molecule has 3 aromatic rings. The summed E-state index contributed by atoms with van der Waals surface area (Å²) in [4.78, 5) is 24.1. The number of piperidine rings is 1. The molecule has 0 saturated carbocycles. The summed E-state index contributed by atoms with van der Waals surface area (Å²) in [5.74, 6) is 0.811. The Hall–Kier alpha value is -3.32. The van der Waals surface area contributed by atoms with Gasteiger partial charge in [-0.15, -0.1) is 0 Å². The van der Waals surface area contributed by atoms with E-state index in [0.717, 1.165) is 31.5 Å². The molecule has 0 aliphatic carbocycles. The van der Waals surface area contributed by atoms with Gasteiger partial charge in [-0.05, 0) is 74.7 Å². The molecule has 0 bridgehead atoms. The van der Waals surface area contributed by atoms with E-state index in [1.807, 2.05) is 37.3 Å².